The average Bonchev–Trinajstić information content (AvgIpc) is 2.80. The van der Waals surface area contributed by atoms with Crippen LogP contribution in [0.15, 0.2) is 60.7 Å². The van der Waals surface area contributed by atoms with Gasteiger partial charge in [-0.05, 0) is 55.8 Å². The predicted molar refractivity (Wildman–Crippen MR) is 127 cm³/mol. The van der Waals surface area contributed by atoms with Crippen LogP contribution >= 0.6 is 0 Å². The fraction of sp³-hybridized carbons (Fsp3) is 0.308. The van der Waals surface area contributed by atoms with E-state index in [9.17, 15) is 9.59 Å². The number of nitrogens with zero attached hydrogens (tertiary/aromatic N) is 2. The Bertz CT molecular complexity index is 986. The summed E-state index contributed by atoms with van der Waals surface area (Å²) >= 11 is 0. The zero-order valence-electron chi connectivity index (χ0n) is 18.9. The summed E-state index contributed by atoms with van der Waals surface area (Å²) in [6.07, 6.45) is 6.14. The SMILES string of the molecule is C[C@@H]1CN(Cc2ccc(C(=O)/C=C/c3cccc(/C=C/C(=O)NO)c3)cc2)C[C@H](C)N1C. The second-order valence-corrected chi connectivity index (χ2v) is 8.43. The second kappa shape index (κ2) is 11.0. The summed E-state index contributed by atoms with van der Waals surface area (Å²) < 4.78 is 0. The smallest absolute Gasteiger partial charge is 0.267 e. The monoisotopic (exact) mass is 433 g/mol. The maximum atomic E-state index is 12.6. The standard InChI is InChI=1S/C26H31N3O3/c1-19-16-29(17-20(2)28(19)3)18-23-7-11-24(12-8-23)25(30)13-9-21-5-4-6-22(15-21)10-14-26(31)27-32/h4-15,19-20,32H,16-18H2,1-3H3,(H,27,31)/b13-9+,14-10+/t19-,20+. The van der Waals surface area contributed by atoms with Crippen molar-refractivity contribution < 1.29 is 14.8 Å². The number of carbonyl (C=O) groups is 2. The van der Waals surface area contributed by atoms with Crippen LogP contribution in [0.3, 0.4) is 0 Å². The lowest BCUT2D eigenvalue weighted by Gasteiger charge is -2.42. The Morgan fingerprint density at radius 1 is 1.00 bits per heavy atom. The van der Waals surface area contributed by atoms with E-state index >= 15 is 0 Å². The number of carbonyl (C=O) groups excluding carboxylic acids is 2. The zero-order chi connectivity index (χ0) is 23.1. The largest absolute Gasteiger partial charge is 0.298 e. The highest BCUT2D eigenvalue weighted by Crippen LogP contribution is 2.17. The molecule has 6 nitrogen and oxygen atoms in total. The third-order valence-electron chi connectivity index (χ3n) is 5.96. The van der Waals surface area contributed by atoms with E-state index in [0.717, 1.165) is 30.8 Å². The van der Waals surface area contributed by atoms with Crippen molar-refractivity contribution in [1.29, 1.82) is 0 Å². The third-order valence-corrected chi connectivity index (χ3v) is 5.96. The molecule has 1 saturated heterocycles. The molecule has 0 aliphatic carbocycles. The summed E-state index contributed by atoms with van der Waals surface area (Å²) in [6, 6.07) is 16.3. The Hall–Kier alpha value is -3.06. The normalized spacial score (nSPS) is 20.1. The van der Waals surface area contributed by atoms with E-state index in [2.05, 4.69) is 30.7 Å². The molecule has 1 fully saturated rings. The highest BCUT2D eigenvalue weighted by molar-refractivity contribution is 6.06. The Balaban J connectivity index is 1.60. The molecule has 3 rings (SSSR count). The first-order chi connectivity index (χ1) is 15.4. The number of benzene rings is 2. The van der Waals surface area contributed by atoms with Gasteiger partial charge >= 0.3 is 0 Å². The molecule has 1 aliphatic rings. The lowest BCUT2D eigenvalue weighted by molar-refractivity contribution is -0.124. The van der Waals surface area contributed by atoms with Gasteiger partial charge in [0.1, 0.15) is 0 Å². The van der Waals surface area contributed by atoms with Crippen LogP contribution in [0.25, 0.3) is 12.2 Å². The highest BCUT2D eigenvalue weighted by Gasteiger charge is 2.26. The molecular formula is C26H31N3O3. The molecule has 2 atom stereocenters. The van der Waals surface area contributed by atoms with E-state index in [1.54, 1.807) is 23.7 Å². The van der Waals surface area contributed by atoms with Crippen molar-refractivity contribution in [2.45, 2.75) is 32.5 Å². The van der Waals surface area contributed by atoms with Crippen molar-refractivity contribution in [2.75, 3.05) is 20.1 Å². The number of nitrogens with one attached hydrogen (secondary N) is 1. The van der Waals surface area contributed by atoms with Crippen LogP contribution in [-0.2, 0) is 11.3 Å². The lowest BCUT2D eigenvalue weighted by atomic mass is 10.0. The Morgan fingerprint density at radius 3 is 2.19 bits per heavy atom. The van der Waals surface area contributed by atoms with Crippen LogP contribution in [-0.4, -0.2) is 58.9 Å². The van der Waals surface area contributed by atoms with Crippen LogP contribution < -0.4 is 5.48 Å². The van der Waals surface area contributed by atoms with Gasteiger partial charge < -0.3 is 0 Å². The van der Waals surface area contributed by atoms with Gasteiger partial charge in [-0.2, -0.15) is 0 Å². The number of ketones is 1. The minimum Gasteiger partial charge on any atom is -0.298 e. The Morgan fingerprint density at radius 2 is 1.59 bits per heavy atom. The minimum absolute atomic E-state index is 0.0565. The third kappa shape index (κ3) is 6.47. The van der Waals surface area contributed by atoms with Gasteiger partial charge in [-0.3, -0.25) is 24.6 Å². The van der Waals surface area contributed by atoms with E-state index in [1.807, 2.05) is 48.5 Å². The molecule has 0 unspecified atom stereocenters. The molecule has 6 heteroatoms. The van der Waals surface area contributed by atoms with Gasteiger partial charge in [0, 0.05) is 43.4 Å². The number of piperazine rings is 1. The first kappa shape index (κ1) is 23.6. The van der Waals surface area contributed by atoms with Crippen LogP contribution in [0, 0.1) is 0 Å². The van der Waals surface area contributed by atoms with Gasteiger partial charge in [-0.1, -0.05) is 48.5 Å². The maximum Gasteiger partial charge on any atom is 0.267 e. The summed E-state index contributed by atoms with van der Waals surface area (Å²) in [5.74, 6) is -0.653. The molecular weight excluding hydrogens is 402 g/mol. The zero-order valence-corrected chi connectivity index (χ0v) is 18.9. The van der Waals surface area contributed by atoms with Crippen LogP contribution in [0.1, 0.15) is 40.9 Å². The number of rotatable bonds is 7. The number of hydroxylamine groups is 1. The first-order valence-corrected chi connectivity index (χ1v) is 10.8. The fourth-order valence-electron chi connectivity index (χ4n) is 3.92. The van der Waals surface area contributed by atoms with E-state index in [0.29, 0.717) is 17.6 Å². The van der Waals surface area contributed by atoms with Gasteiger partial charge in [0.05, 0.1) is 0 Å². The minimum atomic E-state index is -0.596. The molecule has 0 radical (unpaired) electrons. The van der Waals surface area contributed by atoms with E-state index in [1.165, 1.54) is 11.6 Å². The number of hydrogen-bond acceptors (Lipinski definition) is 5. The topological polar surface area (TPSA) is 72.9 Å². The van der Waals surface area contributed by atoms with Crippen LogP contribution in [0.5, 0.6) is 0 Å². The molecule has 2 aromatic rings. The molecule has 1 heterocycles. The van der Waals surface area contributed by atoms with Gasteiger partial charge in [0.15, 0.2) is 5.78 Å². The maximum absolute atomic E-state index is 12.6. The summed E-state index contributed by atoms with van der Waals surface area (Å²) in [6.45, 7) is 7.50. The van der Waals surface area contributed by atoms with Gasteiger partial charge in [-0.15, -0.1) is 0 Å². The van der Waals surface area contributed by atoms with Crippen molar-refractivity contribution in [3.05, 3.63) is 82.9 Å². The van der Waals surface area contributed by atoms with Crippen LogP contribution in [0.4, 0.5) is 0 Å². The summed E-state index contributed by atoms with van der Waals surface area (Å²) in [4.78, 5) is 28.6. The van der Waals surface area contributed by atoms with Crippen molar-refractivity contribution in [1.82, 2.24) is 15.3 Å². The Kier molecular flexibility index (Phi) is 8.11. The Labute approximate surface area is 189 Å². The lowest BCUT2D eigenvalue weighted by Crippen LogP contribution is -2.54. The molecule has 32 heavy (non-hydrogen) atoms. The predicted octanol–water partition coefficient (Wildman–Crippen LogP) is 3.63. The van der Waals surface area contributed by atoms with E-state index in [4.69, 9.17) is 5.21 Å². The highest BCUT2D eigenvalue weighted by atomic mass is 16.5. The van der Waals surface area contributed by atoms with E-state index in [-0.39, 0.29) is 5.78 Å². The molecule has 2 N–H and O–H groups in total. The van der Waals surface area contributed by atoms with Gasteiger partial charge in [0.2, 0.25) is 0 Å². The summed E-state index contributed by atoms with van der Waals surface area (Å²) in [5.41, 5.74) is 5.05. The van der Waals surface area contributed by atoms with E-state index < -0.39 is 5.91 Å². The molecule has 0 aromatic heterocycles. The van der Waals surface area contributed by atoms with Crippen molar-refractivity contribution in [3.8, 4) is 0 Å². The van der Waals surface area contributed by atoms with Crippen molar-refractivity contribution >= 4 is 23.8 Å². The number of hydrogen-bond donors (Lipinski definition) is 2. The quantitative estimate of drug-likeness (QED) is 0.302. The van der Waals surface area contributed by atoms with Crippen LogP contribution in [0.2, 0.25) is 0 Å². The summed E-state index contributed by atoms with van der Waals surface area (Å²) in [5, 5.41) is 8.55. The number of amides is 1. The molecule has 0 spiro atoms. The molecule has 1 amide bonds. The molecule has 0 saturated carbocycles. The average molecular weight is 434 g/mol. The molecule has 168 valence electrons. The van der Waals surface area contributed by atoms with Gasteiger partial charge in [0.25, 0.3) is 5.91 Å². The summed E-state index contributed by atoms with van der Waals surface area (Å²) in [7, 11) is 2.18. The number of allylic oxidation sites excluding steroid dienone is 1. The fourth-order valence-corrected chi connectivity index (χ4v) is 3.92. The van der Waals surface area contributed by atoms with Crippen molar-refractivity contribution in [3.63, 3.8) is 0 Å². The molecule has 0 bridgehead atoms. The van der Waals surface area contributed by atoms with Gasteiger partial charge in [-0.25, -0.2) is 5.48 Å². The van der Waals surface area contributed by atoms with Crippen molar-refractivity contribution in [2.24, 2.45) is 0 Å². The molecule has 1 aliphatic heterocycles. The first-order valence-electron chi connectivity index (χ1n) is 10.8. The second-order valence-electron chi connectivity index (χ2n) is 8.43. The molecule has 2 aromatic carbocycles. The number of likely N-dealkylation sites (N-methyl/N-ethyl adjacent to an activating group) is 1.